The zero-order valence-electron chi connectivity index (χ0n) is 11.0. The topological polar surface area (TPSA) is 37.3 Å². The van der Waals surface area contributed by atoms with Crippen LogP contribution in [0, 0.1) is 23.7 Å². The van der Waals surface area contributed by atoms with Crippen LogP contribution in [0.25, 0.3) is 0 Å². The Morgan fingerprint density at radius 1 is 1.28 bits per heavy atom. The van der Waals surface area contributed by atoms with Crippen molar-refractivity contribution in [3.05, 3.63) is 35.9 Å². The second-order valence-corrected chi connectivity index (χ2v) is 4.76. The molecule has 1 aromatic carbocycles. The van der Waals surface area contributed by atoms with E-state index in [0.29, 0.717) is 0 Å². The smallest absolute Gasteiger partial charge is 0.304 e. The molecule has 0 fully saturated rings. The summed E-state index contributed by atoms with van der Waals surface area (Å²) in [5.74, 6) is 5.66. The fourth-order valence-electron chi connectivity index (χ4n) is 1.70. The van der Waals surface area contributed by atoms with Gasteiger partial charge in [-0.3, -0.25) is 4.79 Å². The molecule has 1 rings (SSSR count). The van der Waals surface area contributed by atoms with Crippen LogP contribution in [0.3, 0.4) is 0 Å². The van der Waals surface area contributed by atoms with Crippen LogP contribution in [0.1, 0.15) is 32.3 Å². The molecular formula is C16H20O2. The van der Waals surface area contributed by atoms with E-state index in [4.69, 9.17) is 5.11 Å². The Bertz CT molecular complexity index is 423. The summed E-state index contributed by atoms with van der Waals surface area (Å²) in [6, 6.07) is 10.2. The first kappa shape index (κ1) is 14.3. The highest BCUT2D eigenvalue weighted by Crippen LogP contribution is 2.14. The Morgan fingerprint density at radius 3 is 2.50 bits per heavy atom. The molecule has 0 aliphatic heterocycles. The molecule has 0 heterocycles. The van der Waals surface area contributed by atoms with Crippen molar-refractivity contribution < 1.29 is 9.90 Å². The first-order valence-electron chi connectivity index (χ1n) is 6.33. The number of aliphatic carboxylic acids is 1. The van der Waals surface area contributed by atoms with Gasteiger partial charge in [0.2, 0.25) is 0 Å². The van der Waals surface area contributed by atoms with Gasteiger partial charge in [-0.05, 0) is 17.9 Å². The molecule has 0 aliphatic rings. The van der Waals surface area contributed by atoms with E-state index in [-0.39, 0.29) is 18.3 Å². The van der Waals surface area contributed by atoms with Gasteiger partial charge in [0.15, 0.2) is 0 Å². The molecule has 2 heteroatoms. The van der Waals surface area contributed by atoms with Gasteiger partial charge in [0, 0.05) is 12.3 Å². The van der Waals surface area contributed by atoms with Gasteiger partial charge in [-0.2, -0.15) is 0 Å². The zero-order valence-corrected chi connectivity index (χ0v) is 11.0. The van der Waals surface area contributed by atoms with Crippen molar-refractivity contribution >= 4 is 5.97 Å². The summed E-state index contributed by atoms with van der Waals surface area (Å²) in [7, 11) is 0. The highest BCUT2D eigenvalue weighted by atomic mass is 16.4. The number of rotatable bonds is 5. The highest BCUT2D eigenvalue weighted by molar-refractivity contribution is 5.67. The molecule has 2 nitrogen and oxygen atoms in total. The van der Waals surface area contributed by atoms with Crippen molar-refractivity contribution in [2.45, 2.75) is 33.1 Å². The van der Waals surface area contributed by atoms with Crippen LogP contribution in [-0.2, 0) is 11.2 Å². The monoisotopic (exact) mass is 244 g/mol. The second-order valence-electron chi connectivity index (χ2n) is 4.76. The van der Waals surface area contributed by atoms with E-state index in [1.54, 1.807) is 0 Å². The minimum atomic E-state index is -0.772. The molecule has 0 aliphatic carbocycles. The Morgan fingerprint density at radius 2 is 1.94 bits per heavy atom. The Kier molecular flexibility index (Phi) is 6.00. The van der Waals surface area contributed by atoms with Gasteiger partial charge >= 0.3 is 5.97 Å². The summed E-state index contributed by atoms with van der Waals surface area (Å²) < 4.78 is 0. The van der Waals surface area contributed by atoms with Gasteiger partial charge < -0.3 is 5.11 Å². The number of carboxylic acids is 1. The van der Waals surface area contributed by atoms with Crippen molar-refractivity contribution in [3.63, 3.8) is 0 Å². The molecule has 0 saturated heterocycles. The van der Waals surface area contributed by atoms with Crippen LogP contribution in [-0.4, -0.2) is 11.1 Å². The summed E-state index contributed by atoms with van der Waals surface area (Å²) in [6.45, 7) is 4.03. The van der Waals surface area contributed by atoms with Crippen molar-refractivity contribution in [1.29, 1.82) is 0 Å². The molecule has 0 amide bonds. The van der Waals surface area contributed by atoms with Crippen LogP contribution < -0.4 is 0 Å². The quantitative estimate of drug-likeness (QED) is 0.806. The lowest BCUT2D eigenvalue weighted by Gasteiger charge is -2.11. The molecule has 0 saturated carbocycles. The molecule has 1 aromatic rings. The van der Waals surface area contributed by atoms with Gasteiger partial charge in [-0.1, -0.05) is 50.1 Å². The van der Waals surface area contributed by atoms with Crippen LogP contribution in [0.5, 0.6) is 0 Å². The lowest BCUT2D eigenvalue weighted by Crippen LogP contribution is -2.11. The molecule has 0 unspecified atom stereocenters. The van der Waals surface area contributed by atoms with Crippen molar-refractivity contribution in [2.75, 3.05) is 0 Å². The maximum absolute atomic E-state index is 10.7. The average Bonchev–Trinajstić information content (AvgIpc) is 2.33. The molecule has 0 spiro atoms. The number of hydrogen-bond acceptors (Lipinski definition) is 1. The fourth-order valence-corrected chi connectivity index (χ4v) is 1.70. The number of hydrogen-bond donors (Lipinski definition) is 1. The van der Waals surface area contributed by atoms with Crippen molar-refractivity contribution in [1.82, 2.24) is 0 Å². The minimum Gasteiger partial charge on any atom is -0.481 e. The van der Waals surface area contributed by atoms with Crippen LogP contribution in [0.2, 0.25) is 0 Å². The Balaban J connectivity index is 2.46. The van der Waals surface area contributed by atoms with E-state index in [1.165, 1.54) is 5.56 Å². The third-order valence-electron chi connectivity index (χ3n) is 2.87. The van der Waals surface area contributed by atoms with Crippen molar-refractivity contribution in [3.8, 4) is 11.8 Å². The van der Waals surface area contributed by atoms with E-state index >= 15 is 0 Å². The van der Waals surface area contributed by atoms with E-state index in [2.05, 4.69) is 24.0 Å². The standard InChI is InChI=1S/C16H20O2/c1-13(2)15(12-16(17)18)11-7-6-10-14-8-4-3-5-9-14/h3-5,8-9,13,15H,6,10,12H2,1-2H3,(H,17,18)/t15-/m0/s1. The SMILES string of the molecule is CC(C)[C@@H](C#CCCc1ccccc1)CC(=O)O. The van der Waals surface area contributed by atoms with Gasteiger partial charge in [0.05, 0.1) is 6.42 Å². The number of carboxylic acid groups (broad SMARTS) is 1. The average molecular weight is 244 g/mol. The maximum atomic E-state index is 10.7. The molecule has 96 valence electrons. The van der Waals surface area contributed by atoms with Crippen LogP contribution >= 0.6 is 0 Å². The molecule has 0 aromatic heterocycles. The fraction of sp³-hybridized carbons (Fsp3) is 0.438. The van der Waals surface area contributed by atoms with Gasteiger partial charge in [-0.25, -0.2) is 0 Å². The maximum Gasteiger partial charge on any atom is 0.304 e. The highest BCUT2D eigenvalue weighted by Gasteiger charge is 2.13. The molecule has 18 heavy (non-hydrogen) atoms. The number of aryl methyl sites for hydroxylation is 1. The normalized spacial score (nSPS) is 11.7. The third kappa shape index (κ3) is 5.54. The Labute approximate surface area is 109 Å². The lowest BCUT2D eigenvalue weighted by atomic mass is 9.93. The molecular weight excluding hydrogens is 224 g/mol. The lowest BCUT2D eigenvalue weighted by molar-refractivity contribution is -0.137. The van der Waals surface area contributed by atoms with Gasteiger partial charge in [0.25, 0.3) is 0 Å². The van der Waals surface area contributed by atoms with Crippen LogP contribution in [0.15, 0.2) is 30.3 Å². The second kappa shape index (κ2) is 7.55. The summed E-state index contributed by atoms with van der Waals surface area (Å²) in [5.41, 5.74) is 1.27. The van der Waals surface area contributed by atoms with E-state index in [0.717, 1.165) is 12.8 Å². The van der Waals surface area contributed by atoms with E-state index in [9.17, 15) is 4.79 Å². The third-order valence-corrected chi connectivity index (χ3v) is 2.87. The van der Waals surface area contributed by atoms with E-state index in [1.807, 2.05) is 32.0 Å². The molecule has 0 bridgehead atoms. The van der Waals surface area contributed by atoms with Crippen LogP contribution in [0.4, 0.5) is 0 Å². The van der Waals surface area contributed by atoms with E-state index < -0.39 is 5.97 Å². The number of benzene rings is 1. The summed E-state index contributed by atoms with van der Waals surface area (Å²) in [4.78, 5) is 10.7. The predicted octanol–water partition coefficient (Wildman–Crippen LogP) is 3.37. The molecule has 1 N–H and O–H groups in total. The molecule has 0 radical (unpaired) electrons. The molecule has 1 atom stereocenters. The largest absolute Gasteiger partial charge is 0.481 e. The summed E-state index contributed by atoms with van der Waals surface area (Å²) in [6.07, 6.45) is 1.84. The van der Waals surface area contributed by atoms with Gasteiger partial charge in [0.1, 0.15) is 0 Å². The summed E-state index contributed by atoms with van der Waals surface area (Å²) in [5, 5.41) is 8.80. The first-order chi connectivity index (χ1) is 8.59. The summed E-state index contributed by atoms with van der Waals surface area (Å²) >= 11 is 0. The first-order valence-corrected chi connectivity index (χ1v) is 6.33. The van der Waals surface area contributed by atoms with Crippen molar-refractivity contribution in [2.24, 2.45) is 11.8 Å². The van der Waals surface area contributed by atoms with Gasteiger partial charge in [-0.15, -0.1) is 5.92 Å². The minimum absolute atomic E-state index is 0.0433. The zero-order chi connectivity index (χ0) is 13.4. The predicted molar refractivity (Wildman–Crippen MR) is 73.1 cm³/mol. The number of carbonyl (C=O) groups is 1. The Hall–Kier alpha value is -1.75.